The smallest absolute Gasteiger partial charge is 0.326 e. The number of hydrogen-bond donors (Lipinski definition) is 3. The predicted octanol–water partition coefficient (Wildman–Crippen LogP) is 1.87. The van der Waals surface area contributed by atoms with Crippen LogP contribution in [0.5, 0.6) is 0 Å². The van der Waals surface area contributed by atoms with Crippen molar-refractivity contribution in [1.82, 2.24) is 10.6 Å². The van der Waals surface area contributed by atoms with Gasteiger partial charge in [-0.1, -0.05) is 18.2 Å². The minimum Gasteiger partial charge on any atom is -0.480 e. The third kappa shape index (κ3) is 6.48. The fourth-order valence-electron chi connectivity index (χ4n) is 1.71. The highest BCUT2D eigenvalue weighted by molar-refractivity contribution is 7.98. The summed E-state index contributed by atoms with van der Waals surface area (Å²) in [5.74, 6) is -0.733. The van der Waals surface area contributed by atoms with Crippen LogP contribution in [0.25, 0.3) is 0 Å². The Bertz CT molecular complexity index is 485. The number of carbonyl (C=O) groups is 2. The van der Waals surface area contributed by atoms with Gasteiger partial charge in [0.05, 0.1) is 0 Å². The minimum atomic E-state index is -1.06. The van der Waals surface area contributed by atoms with E-state index in [-0.39, 0.29) is 12.4 Å². The standard InChI is InChI=1S/C14H19FN2O3S/c1-21-9-7-12(13(18)19)17-14(20)16-8-6-10-4-2-3-5-11(10)15/h2-5,12H,6-9H2,1H3,(H,18,19)(H2,16,17,20)/t12-/m0/s1. The normalized spacial score (nSPS) is 11.7. The Labute approximate surface area is 127 Å². The molecule has 0 aliphatic carbocycles. The predicted molar refractivity (Wildman–Crippen MR) is 81.1 cm³/mol. The molecule has 0 fully saturated rings. The van der Waals surface area contributed by atoms with Gasteiger partial charge >= 0.3 is 12.0 Å². The molecule has 2 amide bonds. The lowest BCUT2D eigenvalue weighted by Gasteiger charge is -2.14. The molecule has 0 radical (unpaired) electrons. The number of rotatable bonds is 8. The van der Waals surface area contributed by atoms with Gasteiger partial charge in [0.15, 0.2) is 0 Å². The number of nitrogens with one attached hydrogen (secondary N) is 2. The molecule has 1 aromatic rings. The SMILES string of the molecule is CSCC[C@H](NC(=O)NCCc1ccccc1F)C(=O)O. The van der Waals surface area contributed by atoms with Gasteiger partial charge in [-0.05, 0) is 36.5 Å². The fourth-order valence-corrected chi connectivity index (χ4v) is 2.19. The molecule has 3 N–H and O–H groups in total. The third-order valence-corrected chi connectivity index (χ3v) is 3.50. The quantitative estimate of drug-likeness (QED) is 0.684. The lowest BCUT2D eigenvalue weighted by Crippen LogP contribution is -2.46. The molecule has 5 nitrogen and oxygen atoms in total. The van der Waals surface area contributed by atoms with Crippen LogP contribution >= 0.6 is 11.8 Å². The van der Waals surface area contributed by atoms with E-state index in [4.69, 9.17) is 5.11 Å². The first-order valence-electron chi connectivity index (χ1n) is 6.54. The highest BCUT2D eigenvalue weighted by Crippen LogP contribution is 2.06. The van der Waals surface area contributed by atoms with Crippen LogP contribution in [0.2, 0.25) is 0 Å². The van der Waals surface area contributed by atoms with Gasteiger partial charge in [-0.15, -0.1) is 0 Å². The molecule has 0 aliphatic rings. The average molecular weight is 314 g/mol. The molecule has 7 heteroatoms. The Morgan fingerprint density at radius 3 is 2.71 bits per heavy atom. The molecule has 1 rings (SSSR count). The maximum absolute atomic E-state index is 13.4. The summed E-state index contributed by atoms with van der Waals surface area (Å²) in [4.78, 5) is 22.6. The summed E-state index contributed by atoms with van der Waals surface area (Å²) < 4.78 is 13.4. The molecule has 0 spiro atoms. The van der Waals surface area contributed by atoms with E-state index in [9.17, 15) is 14.0 Å². The first kappa shape index (κ1) is 17.3. The number of hydrogen-bond acceptors (Lipinski definition) is 3. The molecule has 1 aromatic carbocycles. The zero-order chi connectivity index (χ0) is 15.7. The van der Waals surface area contributed by atoms with Crippen molar-refractivity contribution in [2.75, 3.05) is 18.6 Å². The summed E-state index contributed by atoms with van der Waals surface area (Å²) in [5.41, 5.74) is 0.509. The van der Waals surface area contributed by atoms with E-state index in [0.29, 0.717) is 24.2 Å². The fraction of sp³-hybridized carbons (Fsp3) is 0.429. The van der Waals surface area contributed by atoms with Crippen LogP contribution in [-0.4, -0.2) is 41.7 Å². The highest BCUT2D eigenvalue weighted by Gasteiger charge is 2.18. The summed E-state index contributed by atoms with van der Waals surface area (Å²) in [5, 5.41) is 13.9. The van der Waals surface area contributed by atoms with Gasteiger partial charge in [-0.3, -0.25) is 0 Å². The van der Waals surface area contributed by atoms with Crippen LogP contribution in [0.15, 0.2) is 24.3 Å². The second kappa shape index (κ2) is 9.23. The number of amides is 2. The maximum atomic E-state index is 13.4. The summed E-state index contributed by atoms with van der Waals surface area (Å²) in [7, 11) is 0. The van der Waals surface area contributed by atoms with E-state index in [1.54, 1.807) is 18.2 Å². The van der Waals surface area contributed by atoms with Crippen molar-refractivity contribution in [2.45, 2.75) is 18.9 Å². The van der Waals surface area contributed by atoms with Crippen molar-refractivity contribution in [3.05, 3.63) is 35.6 Å². The molecule has 0 saturated carbocycles. The first-order valence-corrected chi connectivity index (χ1v) is 7.93. The third-order valence-electron chi connectivity index (χ3n) is 2.85. The second-order valence-corrected chi connectivity index (χ2v) is 5.40. The zero-order valence-corrected chi connectivity index (χ0v) is 12.6. The Morgan fingerprint density at radius 1 is 1.38 bits per heavy atom. The highest BCUT2D eigenvalue weighted by atomic mass is 32.2. The summed E-state index contributed by atoms with van der Waals surface area (Å²) in [6, 6.07) is 4.86. The molecule has 0 aromatic heterocycles. The molecular weight excluding hydrogens is 295 g/mol. The minimum absolute atomic E-state index is 0.238. The van der Waals surface area contributed by atoms with Crippen LogP contribution in [-0.2, 0) is 11.2 Å². The molecule has 1 atom stereocenters. The number of carboxylic acid groups (broad SMARTS) is 1. The lowest BCUT2D eigenvalue weighted by molar-refractivity contribution is -0.139. The Hall–Kier alpha value is -1.76. The van der Waals surface area contributed by atoms with Crippen LogP contribution in [0.3, 0.4) is 0 Å². The molecule has 21 heavy (non-hydrogen) atoms. The van der Waals surface area contributed by atoms with Crippen molar-refractivity contribution in [1.29, 1.82) is 0 Å². The van der Waals surface area contributed by atoms with E-state index in [0.717, 1.165) is 0 Å². The van der Waals surface area contributed by atoms with Gasteiger partial charge in [0.1, 0.15) is 11.9 Å². The molecule has 0 saturated heterocycles. The van der Waals surface area contributed by atoms with Crippen molar-refractivity contribution >= 4 is 23.8 Å². The van der Waals surface area contributed by atoms with Crippen LogP contribution in [0.1, 0.15) is 12.0 Å². The molecule has 0 heterocycles. The van der Waals surface area contributed by atoms with Gasteiger partial charge < -0.3 is 15.7 Å². The van der Waals surface area contributed by atoms with E-state index < -0.39 is 18.0 Å². The Morgan fingerprint density at radius 2 is 2.10 bits per heavy atom. The number of carbonyl (C=O) groups excluding carboxylic acids is 1. The second-order valence-electron chi connectivity index (χ2n) is 4.41. The summed E-state index contributed by atoms with van der Waals surface area (Å²) >= 11 is 1.51. The summed E-state index contributed by atoms with van der Waals surface area (Å²) in [6.45, 7) is 0.238. The van der Waals surface area contributed by atoms with Gasteiger partial charge in [0.2, 0.25) is 0 Å². The molecular formula is C14H19FN2O3S. The largest absolute Gasteiger partial charge is 0.480 e. The van der Waals surface area contributed by atoms with E-state index in [1.807, 2.05) is 6.26 Å². The molecule has 0 bridgehead atoms. The van der Waals surface area contributed by atoms with E-state index in [2.05, 4.69) is 10.6 Å². The monoisotopic (exact) mass is 314 g/mol. The molecule has 116 valence electrons. The maximum Gasteiger partial charge on any atom is 0.326 e. The van der Waals surface area contributed by atoms with Crippen molar-refractivity contribution in [3.63, 3.8) is 0 Å². The lowest BCUT2D eigenvalue weighted by atomic mass is 10.1. The van der Waals surface area contributed by atoms with Crippen molar-refractivity contribution < 1.29 is 19.1 Å². The number of thioether (sulfide) groups is 1. The number of aliphatic carboxylic acids is 1. The summed E-state index contributed by atoms with van der Waals surface area (Å²) in [6.07, 6.45) is 2.58. The Kier molecular flexibility index (Phi) is 7.60. The van der Waals surface area contributed by atoms with Gasteiger partial charge in [-0.2, -0.15) is 11.8 Å². The van der Waals surface area contributed by atoms with E-state index >= 15 is 0 Å². The number of halogens is 1. The number of carboxylic acids is 1. The van der Waals surface area contributed by atoms with Gasteiger partial charge in [0.25, 0.3) is 0 Å². The topological polar surface area (TPSA) is 78.4 Å². The van der Waals surface area contributed by atoms with Crippen LogP contribution < -0.4 is 10.6 Å². The van der Waals surface area contributed by atoms with Crippen LogP contribution in [0, 0.1) is 5.82 Å². The van der Waals surface area contributed by atoms with Gasteiger partial charge in [-0.25, -0.2) is 14.0 Å². The van der Waals surface area contributed by atoms with Crippen molar-refractivity contribution in [2.24, 2.45) is 0 Å². The molecule has 0 unspecified atom stereocenters. The van der Waals surface area contributed by atoms with Gasteiger partial charge in [0, 0.05) is 6.54 Å². The molecule has 0 aliphatic heterocycles. The van der Waals surface area contributed by atoms with Crippen molar-refractivity contribution in [3.8, 4) is 0 Å². The van der Waals surface area contributed by atoms with E-state index in [1.165, 1.54) is 17.8 Å². The number of benzene rings is 1. The van der Waals surface area contributed by atoms with Crippen LogP contribution in [0.4, 0.5) is 9.18 Å². The average Bonchev–Trinajstić information content (AvgIpc) is 2.45. The zero-order valence-electron chi connectivity index (χ0n) is 11.8. The Balaban J connectivity index is 2.36. The number of urea groups is 1. The first-order chi connectivity index (χ1) is 10.0.